The van der Waals surface area contributed by atoms with Gasteiger partial charge in [-0.3, -0.25) is 4.79 Å². The molecule has 0 amide bonds. The number of aldehydes is 1. The SMILES string of the molecule is CNCCOC.O=Cc1ccc(N2CCNCC2)c(F)c1.SS. The maximum atomic E-state index is 13.6. The summed E-state index contributed by atoms with van der Waals surface area (Å²) < 4.78 is 18.3. The predicted molar refractivity (Wildman–Crippen MR) is 101 cm³/mol. The van der Waals surface area contributed by atoms with Crippen LogP contribution < -0.4 is 15.5 Å². The van der Waals surface area contributed by atoms with E-state index < -0.39 is 0 Å². The van der Waals surface area contributed by atoms with Gasteiger partial charge in [-0.2, -0.15) is 0 Å². The van der Waals surface area contributed by atoms with Crippen LogP contribution in [0.2, 0.25) is 0 Å². The van der Waals surface area contributed by atoms with E-state index in [9.17, 15) is 9.18 Å². The maximum Gasteiger partial charge on any atom is 0.150 e. The van der Waals surface area contributed by atoms with E-state index in [1.807, 2.05) is 11.9 Å². The van der Waals surface area contributed by atoms with Crippen LogP contribution in [0.5, 0.6) is 0 Å². The van der Waals surface area contributed by atoms with E-state index in [-0.39, 0.29) is 5.82 Å². The second-order valence-corrected chi connectivity index (χ2v) is 4.66. The molecule has 0 aromatic heterocycles. The number of thiol groups is 2. The summed E-state index contributed by atoms with van der Waals surface area (Å²) in [5.41, 5.74) is 0.966. The molecule has 1 aliphatic heterocycles. The number of hydrogen-bond acceptors (Lipinski definition) is 7. The molecule has 132 valence electrons. The Balaban J connectivity index is 0.000000515. The molecule has 1 aliphatic rings. The summed E-state index contributed by atoms with van der Waals surface area (Å²) in [7, 11) is 3.59. The van der Waals surface area contributed by atoms with Gasteiger partial charge in [-0.05, 0) is 25.2 Å². The Kier molecular flexibility index (Phi) is 14.3. The van der Waals surface area contributed by atoms with Crippen molar-refractivity contribution >= 4 is 35.3 Å². The lowest BCUT2D eigenvalue weighted by atomic mass is 10.2. The molecule has 1 saturated heterocycles. The van der Waals surface area contributed by atoms with Crippen molar-refractivity contribution in [2.45, 2.75) is 0 Å². The average molecular weight is 364 g/mol. The Bertz CT molecular complexity index is 429. The van der Waals surface area contributed by atoms with Crippen molar-refractivity contribution in [3.8, 4) is 0 Å². The second kappa shape index (κ2) is 14.8. The first kappa shape index (κ1) is 22.2. The third-order valence-electron chi connectivity index (χ3n) is 3.12. The summed E-state index contributed by atoms with van der Waals surface area (Å²) in [6, 6.07) is 4.60. The molecule has 0 aliphatic carbocycles. The molecule has 23 heavy (non-hydrogen) atoms. The lowest BCUT2D eigenvalue weighted by molar-refractivity contribution is 0.112. The van der Waals surface area contributed by atoms with E-state index in [1.165, 1.54) is 6.07 Å². The fourth-order valence-electron chi connectivity index (χ4n) is 1.96. The summed E-state index contributed by atoms with van der Waals surface area (Å²) in [6.45, 7) is 5.09. The second-order valence-electron chi connectivity index (χ2n) is 4.66. The van der Waals surface area contributed by atoms with Crippen LogP contribution in [-0.4, -0.2) is 59.8 Å². The molecule has 0 saturated carbocycles. The summed E-state index contributed by atoms with van der Waals surface area (Å²) in [4.78, 5) is 12.4. The van der Waals surface area contributed by atoms with Gasteiger partial charge in [-0.1, -0.05) is 0 Å². The van der Waals surface area contributed by atoms with Crippen molar-refractivity contribution in [3.63, 3.8) is 0 Å². The van der Waals surface area contributed by atoms with Gasteiger partial charge in [0.25, 0.3) is 0 Å². The molecule has 1 aromatic carbocycles. The minimum atomic E-state index is -0.318. The van der Waals surface area contributed by atoms with E-state index >= 15 is 0 Å². The highest BCUT2D eigenvalue weighted by molar-refractivity contribution is 8.59. The normalized spacial score (nSPS) is 13.3. The molecule has 0 bridgehead atoms. The monoisotopic (exact) mass is 363 g/mol. The first-order chi connectivity index (χ1) is 11.2. The summed E-state index contributed by atoms with van der Waals surface area (Å²) in [5.74, 6) is -0.318. The van der Waals surface area contributed by atoms with Crippen LogP contribution in [0, 0.1) is 5.82 Å². The van der Waals surface area contributed by atoms with Crippen LogP contribution in [0.3, 0.4) is 0 Å². The van der Waals surface area contributed by atoms with E-state index in [2.05, 4.69) is 34.0 Å². The zero-order chi connectivity index (χ0) is 17.5. The highest BCUT2D eigenvalue weighted by atomic mass is 33.1. The van der Waals surface area contributed by atoms with Gasteiger partial charge >= 0.3 is 0 Å². The Morgan fingerprint density at radius 2 is 2.04 bits per heavy atom. The van der Waals surface area contributed by atoms with Gasteiger partial charge in [0.15, 0.2) is 0 Å². The van der Waals surface area contributed by atoms with Crippen LogP contribution in [0.4, 0.5) is 10.1 Å². The number of piperazine rings is 1. The highest BCUT2D eigenvalue weighted by Gasteiger charge is 2.14. The van der Waals surface area contributed by atoms with Crippen molar-refractivity contribution in [2.24, 2.45) is 0 Å². The number of anilines is 1. The van der Waals surface area contributed by atoms with Gasteiger partial charge in [0, 0.05) is 45.4 Å². The van der Waals surface area contributed by atoms with Gasteiger partial charge in [-0.25, -0.2) is 4.39 Å². The van der Waals surface area contributed by atoms with Gasteiger partial charge in [0.05, 0.1) is 12.3 Å². The minimum absolute atomic E-state index is 0.318. The van der Waals surface area contributed by atoms with Crippen LogP contribution in [0.25, 0.3) is 0 Å². The number of halogens is 1. The third-order valence-corrected chi connectivity index (χ3v) is 3.12. The number of carbonyl (C=O) groups excluding carboxylic acids is 1. The van der Waals surface area contributed by atoms with Crippen LogP contribution >= 0.6 is 23.3 Å². The number of nitrogens with zero attached hydrogens (tertiary/aromatic N) is 1. The lowest BCUT2D eigenvalue weighted by Crippen LogP contribution is -2.43. The highest BCUT2D eigenvalue weighted by Crippen LogP contribution is 2.20. The van der Waals surface area contributed by atoms with E-state index in [1.54, 1.807) is 19.2 Å². The largest absolute Gasteiger partial charge is 0.383 e. The average Bonchev–Trinajstić information content (AvgIpc) is 2.62. The molecule has 2 N–H and O–H groups in total. The number of methoxy groups -OCH3 is 1. The van der Waals surface area contributed by atoms with Crippen molar-refractivity contribution < 1.29 is 13.9 Å². The van der Waals surface area contributed by atoms with E-state index in [0.29, 0.717) is 17.5 Å². The Morgan fingerprint density at radius 3 is 2.48 bits per heavy atom. The molecule has 1 fully saturated rings. The van der Waals surface area contributed by atoms with Gasteiger partial charge in [0.2, 0.25) is 0 Å². The molecule has 0 spiro atoms. The molecule has 1 aromatic rings. The molecule has 2 rings (SSSR count). The number of rotatable bonds is 5. The van der Waals surface area contributed by atoms with E-state index in [4.69, 9.17) is 4.74 Å². The van der Waals surface area contributed by atoms with Crippen molar-refractivity contribution in [3.05, 3.63) is 29.6 Å². The lowest BCUT2D eigenvalue weighted by Gasteiger charge is -2.29. The topological polar surface area (TPSA) is 53.6 Å². The number of nitrogens with one attached hydrogen (secondary N) is 2. The Hall–Kier alpha value is -0.800. The van der Waals surface area contributed by atoms with Gasteiger partial charge < -0.3 is 20.3 Å². The van der Waals surface area contributed by atoms with Crippen LogP contribution in [0.15, 0.2) is 18.2 Å². The summed E-state index contributed by atoms with van der Waals surface area (Å²) in [6.07, 6.45) is 0.657. The van der Waals surface area contributed by atoms with Gasteiger partial charge in [-0.15, -0.1) is 23.3 Å². The number of hydrogen-bond donors (Lipinski definition) is 4. The number of ether oxygens (including phenoxy) is 1. The minimum Gasteiger partial charge on any atom is -0.383 e. The standard InChI is InChI=1S/C11H13FN2O.C4H11NO.H2S2/c12-10-7-9(8-15)1-2-11(10)14-5-3-13-4-6-14;1-5-3-4-6-2;1-2/h1-2,7-8,13H,3-6H2;5H,3-4H2,1-2H3;1-2H. The zero-order valence-corrected chi connectivity index (χ0v) is 15.4. The first-order valence-corrected chi connectivity index (χ1v) is 8.87. The quantitative estimate of drug-likeness (QED) is 0.277. The molecular weight excluding hydrogens is 337 g/mol. The summed E-state index contributed by atoms with van der Waals surface area (Å²) in [5, 5.41) is 6.15. The molecule has 1 heterocycles. The fraction of sp³-hybridized carbons (Fsp3) is 0.533. The third kappa shape index (κ3) is 9.17. The molecule has 0 atom stereocenters. The number of carbonyl (C=O) groups is 1. The van der Waals surface area contributed by atoms with Crippen LogP contribution in [-0.2, 0) is 4.74 Å². The maximum absolute atomic E-state index is 13.6. The first-order valence-electron chi connectivity index (χ1n) is 7.27. The van der Waals surface area contributed by atoms with E-state index in [0.717, 1.165) is 39.3 Å². The smallest absolute Gasteiger partial charge is 0.150 e. The van der Waals surface area contributed by atoms with Crippen molar-refractivity contribution in [1.29, 1.82) is 0 Å². The van der Waals surface area contributed by atoms with Gasteiger partial charge in [0.1, 0.15) is 12.1 Å². The number of likely N-dealkylation sites (N-methyl/N-ethyl adjacent to an activating group) is 1. The van der Waals surface area contributed by atoms with Crippen molar-refractivity contribution in [2.75, 3.05) is 58.4 Å². The predicted octanol–water partition coefficient (Wildman–Crippen LogP) is 1.66. The molecule has 8 heteroatoms. The Labute approximate surface area is 148 Å². The molecule has 0 radical (unpaired) electrons. The number of benzene rings is 1. The summed E-state index contributed by atoms with van der Waals surface area (Å²) >= 11 is 6.44. The molecular formula is C15H26FN3O2S2. The van der Waals surface area contributed by atoms with Crippen LogP contribution in [0.1, 0.15) is 10.4 Å². The Morgan fingerprint density at radius 1 is 1.39 bits per heavy atom. The van der Waals surface area contributed by atoms with Crippen molar-refractivity contribution in [1.82, 2.24) is 10.6 Å². The molecule has 0 unspecified atom stereocenters. The molecule has 5 nitrogen and oxygen atoms in total. The zero-order valence-electron chi connectivity index (χ0n) is 13.6. The fourth-order valence-corrected chi connectivity index (χ4v) is 1.96.